The highest BCUT2D eigenvalue weighted by molar-refractivity contribution is 9.11. The summed E-state index contributed by atoms with van der Waals surface area (Å²) in [7, 11) is 0. The summed E-state index contributed by atoms with van der Waals surface area (Å²) in [5, 5.41) is 10.7. The van der Waals surface area contributed by atoms with Crippen LogP contribution >= 0.6 is 27.3 Å². The minimum Gasteiger partial charge on any atom is -0.292 e. The summed E-state index contributed by atoms with van der Waals surface area (Å²) in [5.41, 5.74) is 0.211. The van der Waals surface area contributed by atoms with Crippen molar-refractivity contribution in [1.29, 1.82) is 5.26 Å². The number of benzene rings is 1. The van der Waals surface area contributed by atoms with E-state index in [1.807, 2.05) is 0 Å². The van der Waals surface area contributed by atoms with Crippen molar-refractivity contribution in [3.05, 3.63) is 56.2 Å². The third-order valence-electron chi connectivity index (χ3n) is 2.52. The van der Waals surface area contributed by atoms with Gasteiger partial charge < -0.3 is 0 Å². The molecule has 1 aromatic heterocycles. The largest absolute Gasteiger partial charge is 0.292 e. The van der Waals surface area contributed by atoms with Crippen molar-refractivity contribution in [2.45, 2.75) is 5.92 Å². The van der Waals surface area contributed by atoms with Crippen LogP contribution in [0.2, 0.25) is 0 Å². The number of ketones is 1. The predicted octanol–water partition coefficient (Wildman–Crippen LogP) is 4.28. The first-order valence-electron chi connectivity index (χ1n) is 5.15. The van der Waals surface area contributed by atoms with Crippen LogP contribution < -0.4 is 0 Å². The molecule has 1 unspecified atom stereocenters. The average Bonchev–Trinajstić information content (AvgIpc) is 2.79. The van der Waals surface area contributed by atoms with Crippen LogP contribution in [0.15, 0.2) is 33.4 Å². The van der Waals surface area contributed by atoms with Crippen LogP contribution in [0, 0.1) is 23.0 Å². The summed E-state index contributed by atoms with van der Waals surface area (Å²) in [4.78, 5) is 12.1. The lowest BCUT2D eigenvalue weighted by atomic mass is 9.92. The maximum Gasteiger partial charge on any atom is 0.185 e. The molecular weight excluding hydrogens is 336 g/mol. The number of nitrogens with zero attached hydrogens (tertiary/aromatic N) is 1. The molecule has 6 heteroatoms. The van der Waals surface area contributed by atoms with Gasteiger partial charge in [-0.05, 0) is 28.1 Å². The lowest BCUT2D eigenvalue weighted by Crippen LogP contribution is -2.12. The van der Waals surface area contributed by atoms with E-state index in [1.165, 1.54) is 11.3 Å². The van der Waals surface area contributed by atoms with E-state index < -0.39 is 23.3 Å². The third-order valence-corrected chi connectivity index (χ3v) is 4.02. The van der Waals surface area contributed by atoms with Crippen molar-refractivity contribution in [3.63, 3.8) is 0 Å². The first-order chi connectivity index (χ1) is 9.02. The standard InChI is InChI=1S/C13H6BrF2NOS/c14-12-3-7(6-19-12)13(18)10(5-17)9-2-1-8(15)4-11(9)16/h1-4,6,10H. The molecule has 2 nitrogen and oxygen atoms in total. The molecule has 0 saturated carbocycles. The SMILES string of the molecule is N#CC(C(=O)c1csc(Br)c1)c1ccc(F)cc1F. The quantitative estimate of drug-likeness (QED) is 0.782. The van der Waals surface area contributed by atoms with E-state index in [2.05, 4.69) is 15.9 Å². The van der Waals surface area contributed by atoms with Crippen molar-refractivity contribution in [2.24, 2.45) is 0 Å². The molecule has 96 valence electrons. The number of nitriles is 1. The topological polar surface area (TPSA) is 40.9 Å². The zero-order chi connectivity index (χ0) is 14.0. The highest BCUT2D eigenvalue weighted by Crippen LogP contribution is 2.27. The van der Waals surface area contributed by atoms with Crippen LogP contribution in [0.4, 0.5) is 8.78 Å². The van der Waals surface area contributed by atoms with Crippen LogP contribution in [0.5, 0.6) is 0 Å². The summed E-state index contributed by atoms with van der Waals surface area (Å²) >= 11 is 4.51. The fourth-order valence-electron chi connectivity index (χ4n) is 1.61. The van der Waals surface area contributed by atoms with Crippen LogP contribution in [-0.4, -0.2) is 5.78 Å². The maximum atomic E-state index is 13.6. The number of hydrogen-bond acceptors (Lipinski definition) is 3. The number of carbonyl (C=O) groups is 1. The minimum atomic E-state index is -1.28. The highest BCUT2D eigenvalue weighted by atomic mass is 79.9. The third kappa shape index (κ3) is 2.88. The number of carbonyl (C=O) groups excluding carboxylic acids is 1. The van der Waals surface area contributed by atoms with Gasteiger partial charge >= 0.3 is 0 Å². The highest BCUT2D eigenvalue weighted by Gasteiger charge is 2.25. The van der Waals surface area contributed by atoms with Gasteiger partial charge in [0.2, 0.25) is 0 Å². The molecule has 0 saturated heterocycles. The fraction of sp³-hybridized carbons (Fsp3) is 0.0769. The van der Waals surface area contributed by atoms with Gasteiger partial charge in [0.25, 0.3) is 0 Å². The summed E-state index contributed by atoms with van der Waals surface area (Å²) in [6.07, 6.45) is 0. The minimum absolute atomic E-state index is 0.115. The number of halogens is 3. The van der Waals surface area contributed by atoms with Crippen molar-refractivity contribution in [1.82, 2.24) is 0 Å². The van der Waals surface area contributed by atoms with E-state index in [-0.39, 0.29) is 5.56 Å². The van der Waals surface area contributed by atoms with E-state index in [0.29, 0.717) is 11.6 Å². The lowest BCUT2D eigenvalue weighted by molar-refractivity contribution is 0.0978. The van der Waals surface area contributed by atoms with Gasteiger partial charge in [-0.3, -0.25) is 4.79 Å². The van der Waals surface area contributed by atoms with Gasteiger partial charge in [-0.25, -0.2) is 8.78 Å². The van der Waals surface area contributed by atoms with E-state index in [9.17, 15) is 13.6 Å². The first-order valence-corrected chi connectivity index (χ1v) is 6.83. The Morgan fingerprint density at radius 1 is 1.37 bits per heavy atom. The molecule has 2 rings (SSSR count). The Balaban J connectivity index is 2.40. The van der Waals surface area contributed by atoms with Crippen LogP contribution in [0.1, 0.15) is 21.8 Å². The number of Topliss-reactive ketones (excluding diaryl/α,β-unsaturated/α-hetero) is 1. The molecule has 0 aliphatic carbocycles. The molecule has 0 fully saturated rings. The molecule has 2 aromatic rings. The molecule has 0 amide bonds. The molecule has 0 radical (unpaired) electrons. The summed E-state index contributed by atoms with van der Waals surface area (Å²) in [5.74, 6) is -3.42. The first kappa shape index (κ1) is 13.8. The fourth-order valence-corrected chi connectivity index (χ4v) is 2.76. The molecule has 0 aliphatic rings. The van der Waals surface area contributed by atoms with Gasteiger partial charge in [-0.1, -0.05) is 6.07 Å². The zero-order valence-electron chi connectivity index (χ0n) is 9.36. The zero-order valence-corrected chi connectivity index (χ0v) is 11.8. The molecule has 0 N–H and O–H groups in total. The monoisotopic (exact) mass is 341 g/mol. The Morgan fingerprint density at radius 3 is 2.63 bits per heavy atom. The van der Waals surface area contributed by atoms with E-state index in [0.717, 1.165) is 15.9 Å². The molecule has 1 heterocycles. The normalized spacial score (nSPS) is 11.9. The Hall–Kier alpha value is -1.58. The van der Waals surface area contributed by atoms with E-state index >= 15 is 0 Å². The Labute approximate surface area is 120 Å². The second-order valence-electron chi connectivity index (χ2n) is 3.73. The molecule has 0 aliphatic heterocycles. The van der Waals surface area contributed by atoms with Crippen LogP contribution in [-0.2, 0) is 0 Å². The predicted molar refractivity (Wildman–Crippen MR) is 71.1 cm³/mol. The number of rotatable bonds is 3. The smallest absolute Gasteiger partial charge is 0.185 e. The van der Waals surface area contributed by atoms with Gasteiger partial charge in [-0.15, -0.1) is 11.3 Å². The van der Waals surface area contributed by atoms with Crippen LogP contribution in [0.3, 0.4) is 0 Å². The van der Waals surface area contributed by atoms with Gasteiger partial charge in [0.15, 0.2) is 5.78 Å². The summed E-state index contributed by atoms with van der Waals surface area (Å²) in [6.45, 7) is 0. The molecule has 1 atom stereocenters. The van der Waals surface area contributed by atoms with Gasteiger partial charge in [0.1, 0.15) is 17.6 Å². The van der Waals surface area contributed by atoms with Crippen molar-refractivity contribution < 1.29 is 13.6 Å². The number of thiophene rings is 1. The van der Waals surface area contributed by atoms with Crippen molar-refractivity contribution >= 4 is 33.0 Å². The molecule has 1 aromatic carbocycles. The summed E-state index contributed by atoms with van der Waals surface area (Å²) in [6, 6.07) is 6.15. The Kier molecular flexibility index (Phi) is 4.08. The van der Waals surface area contributed by atoms with E-state index in [4.69, 9.17) is 5.26 Å². The Morgan fingerprint density at radius 2 is 2.11 bits per heavy atom. The average molecular weight is 342 g/mol. The van der Waals surface area contributed by atoms with Gasteiger partial charge in [-0.2, -0.15) is 5.26 Å². The summed E-state index contributed by atoms with van der Waals surface area (Å²) < 4.78 is 27.2. The van der Waals surface area contributed by atoms with E-state index in [1.54, 1.807) is 17.5 Å². The second kappa shape index (κ2) is 5.59. The lowest BCUT2D eigenvalue weighted by Gasteiger charge is -2.08. The van der Waals surface area contributed by atoms with Crippen molar-refractivity contribution in [2.75, 3.05) is 0 Å². The number of hydrogen-bond donors (Lipinski definition) is 0. The van der Waals surface area contributed by atoms with Crippen molar-refractivity contribution in [3.8, 4) is 6.07 Å². The molecule has 19 heavy (non-hydrogen) atoms. The molecular formula is C13H6BrF2NOS. The van der Waals surface area contributed by atoms with Crippen LogP contribution in [0.25, 0.3) is 0 Å². The maximum absolute atomic E-state index is 13.6. The Bertz CT molecular complexity index is 678. The molecule has 0 spiro atoms. The second-order valence-corrected chi connectivity index (χ2v) is 6.02. The molecule has 0 bridgehead atoms. The van der Waals surface area contributed by atoms with Gasteiger partial charge in [0, 0.05) is 22.6 Å². The van der Waals surface area contributed by atoms with Gasteiger partial charge in [0.05, 0.1) is 9.86 Å².